The highest BCUT2D eigenvalue weighted by Crippen LogP contribution is 2.13. The molecule has 2 heterocycles. The fourth-order valence-electron chi connectivity index (χ4n) is 1.51. The van der Waals surface area contributed by atoms with Crippen LogP contribution in [0, 0.1) is 3.57 Å². The van der Waals surface area contributed by atoms with Crippen LogP contribution in [0.1, 0.15) is 6.92 Å². The average molecular weight is 304 g/mol. The van der Waals surface area contributed by atoms with Crippen molar-refractivity contribution in [2.24, 2.45) is 0 Å². The van der Waals surface area contributed by atoms with Crippen LogP contribution in [0.2, 0.25) is 0 Å². The van der Waals surface area contributed by atoms with Crippen LogP contribution in [-0.2, 0) is 0 Å². The van der Waals surface area contributed by atoms with E-state index in [0.717, 1.165) is 29.2 Å². The first kappa shape index (κ1) is 10.1. The third-order valence-electron chi connectivity index (χ3n) is 2.40. The van der Waals surface area contributed by atoms with Crippen molar-refractivity contribution in [3.05, 3.63) is 16.0 Å². The molecule has 0 unspecified atom stereocenters. The van der Waals surface area contributed by atoms with E-state index >= 15 is 0 Å². The molecule has 1 aromatic rings. The summed E-state index contributed by atoms with van der Waals surface area (Å²) in [5.41, 5.74) is 0. The van der Waals surface area contributed by atoms with Crippen LogP contribution < -0.4 is 10.2 Å². The summed E-state index contributed by atoms with van der Waals surface area (Å²) in [6, 6.07) is 0.570. The maximum atomic E-state index is 4.33. The van der Waals surface area contributed by atoms with Crippen LogP contribution in [0.5, 0.6) is 0 Å². The molecule has 1 saturated heterocycles. The lowest BCUT2D eigenvalue weighted by Gasteiger charge is -2.37. The summed E-state index contributed by atoms with van der Waals surface area (Å²) in [7, 11) is 0. The predicted octanol–water partition coefficient (Wildman–Crippen LogP) is 0.879. The van der Waals surface area contributed by atoms with E-state index in [4.69, 9.17) is 0 Å². The second-order valence-corrected chi connectivity index (χ2v) is 4.55. The van der Waals surface area contributed by atoms with Crippen molar-refractivity contribution in [2.45, 2.75) is 13.0 Å². The molecule has 0 atom stereocenters. The second kappa shape index (κ2) is 4.39. The van der Waals surface area contributed by atoms with Gasteiger partial charge in [-0.15, -0.1) is 0 Å². The van der Waals surface area contributed by atoms with Gasteiger partial charge in [-0.25, -0.2) is 9.97 Å². The summed E-state index contributed by atoms with van der Waals surface area (Å²) in [6.45, 7) is 5.19. The Morgan fingerprint density at radius 3 is 2.57 bits per heavy atom. The fraction of sp³-hybridized carbons (Fsp3) is 0.556. The molecule has 1 aromatic heterocycles. The van der Waals surface area contributed by atoms with E-state index in [-0.39, 0.29) is 0 Å². The van der Waals surface area contributed by atoms with E-state index in [0.29, 0.717) is 6.04 Å². The Balaban J connectivity index is 2.14. The monoisotopic (exact) mass is 304 g/mol. The minimum absolute atomic E-state index is 0.570. The van der Waals surface area contributed by atoms with E-state index in [1.165, 1.54) is 0 Å². The summed E-state index contributed by atoms with van der Waals surface area (Å²) >= 11 is 2.22. The summed E-state index contributed by atoms with van der Waals surface area (Å²) in [6.07, 6.45) is 3.72. The largest absolute Gasteiger partial charge is 0.336 e. The molecule has 0 aromatic carbocycles. The zero-order chi connectivity index (χ0) is 9.97. The van der Waals surface area contributed by atoms with Gasteiger partial charge in [0, 0.05) is 35.6 Å². The molecule has 1 N–H and O–H groups in total. The van der Waals surface area contributed by atoms with Gasteiger partial charge in [-0.1, -0.05) is 0 Å². The fourth-order valence-corrected chi connectivity index (χ4v) is 1.79. The Hall–Kier alpha value is -0.430. The average Bonchev–Trinajstić information content (AvgIpc) is 2.13. The number of anilines is 1. The Kier molecular flexibility index (Phi) is 3.17. The molecule has 1 aliphatic heterocycles. The first-order valence-electron chi connectivity index (χ1n) is 4.76. The first-order chi connectivity index (χ1) is 6.81. The maximum absolute atomic E-state index is 4.33. The van der Waals surface area contributed by atoms with Crippen LogP contribution >= 0.6 is 22.6 Å². The number of rotatable bonds is 3. The standard InChI is InChI=1S/C9H13IN4/c1-2-14(8-5-11-6-8)9-12-3-7(10)4-13-9/h3-4,8,11H,2,5-6H2,1H3. The Bertz CT molecular complexity index is 296. The lowest BCUT2D eigenvalue weighted by atomic mass is 10.1. The molecule has 0 saturated carbocycles. The predicted molar refractivity (Wildman–Crippen MR) is 64.4 cm³/mol. The zero-order valence-electron chi connectivity index (χ0n) is 8.07. The number of halogens is 1. The molecule has 0 amide bonds. The molecule has 5 heteroatoms. The van der Waals surface area contributed by atoms with Crippen LogP contribution in [0.25, 0.3) is 0 Å². The highest BCUT2D eigenvalue weighted by molar-refractivity contribution is 14.1. The van der Waals surface area contributed by atoms with Gasteiger partial charge in [0.15, 0.2) is 0 Å². The molecular weight excluding hydrogens is 291 g/mol. The van der Waals surface area contributed by atoms with Gasteiger partial charge in [0.2, 0.25) is 5.95 Å². The number of aromatic nitrogens is 2. The summed E-state index contributed by atoms with van der Waals surface area (Å²) in [4.78, 5) is 10.9. The summed E-state index contributed by atoms with van der Waals surface area (Å²) in [5.74, 6) is 0.847. The van der Waals surface area contributed by atoms with Crippen LogP contribution in [0.3, 0.4) is 0 Å². The number of hydrogen-bond donors (Lipinski definition) is 1. The normalized spacial score (nSPS) is 16.4. The molecule has 0 bridgehead atoms. The van der Waals surface area contributed by atoms with Crippen molar-refractivity contribution in [3.63, 3.8) is 0 Å². The molecule has 1 fully saturated rings. The van der Waals surface area contributed by atoms with Crippen molar-refractivity contribution in [1.82, 2.24) is 15.3 Å². The minimum Gasteiger partial charge on any atom is -0.336 e. The first-order valence-corrected chi connectivity index (χ1v) is 5.84. The van der Waals surface area contributed by atoms with Crippen molar-refractivity contribution in [2.75, 3.05) is 24.5 Å². The zero-order valence-corrected chi connectivity index (χ0v) is 10.2. The quantitative estimate of drug-likeness (QED) is 0.842. The molecular formula is C9H13IN4. The van der Waals surface area contributed by atoms with Gasteiger partial charge in [-0.2, -0.15) is 0 Å². The van der Waals surface area contributed by atoms with Crippen molar-refractivity contribution >= 4 is 28.5 Å². The van der Waals surface area contributed by atoms with Crippen LogP contribution in [-0.4, -0.2) is 35.6 Å². The second-order valence-electron chi connectivity index (χ2n) is 3.30. The number of likely N-dealkylation sites (N-methyl/N-ethyl adjacent to an activating group) is 1. The molecule has 1 aliphatic rings. The van der Waals surface area contributed by atoms with E-state index in [9.17, 15) is 0 Å². The van der Waals surface area contributed by atoms with Gasteiger partial charge in [-0.05, 0) is 29.5 Å². The topological polar surface area (TPSA) is 41.1 Å². The van der Waals surface area contributed by atoms with Crippen molar-refractivity contribution in [1.29, 1.82) is 0 Å². The van der Waals surface area contributed by atoms with Gasteiger partial charge >= 0.3 is 0 Å². The van der Waals surface area contributed by atoms with Crippen molar-refractivity contribution in [3.8, 4) is 0 Å². The highest BCUT2D eigenvalue weighted by atomic mass is 127. The number of nitrogens with zero attached hydrogens (tertiary/aromatic N) is 3. The van der Waals surface area contributed by atoms with Gasteiger partial charge in [0.05, 0.1) is 6.04 Å². The third kappa shape index (κ3) is 1.98. The summed E-state index contributed by atoms with van der Waals surface area (Å²) < 4.78 is 1.08. The molecule has 0 radical (unpaired) electrons. The molecule has 76 valence electrons. The Morgan fingerprint density at radius 1 is 1.50 bits per heavy atom. The van der Waals surface area contributed by atoms with E-state index in [1.807, 2.05) is 12.4 Å². The van der Waals surface area contributed by atoms with Crippen molar-refractivity contribution < 1.29 is 0 Å². The smallest absolute Gasteiger partial charge is 0.225 e. The van der Waals surface area contributed by atoms with Gasteiger partial charge in [0.1, 0.15) is 0 Å². The van der Waals surface area contributed by atoms with Crippen LogP contribution in [0.15, 0.2) is 12.4 Å². The van der Waals surface area contributed by atoms with Gasteiger partial charge in [-0.3, -0.25) is 0 Å². The highest BCUT2D eigenvalue weighted by Gasteiger charge is 2.24. The van der Waals surface area contributed by atoms with Gasteiger partial charge < -0.3 is 10.2 Å². The SMILES string of the molecule is CCN(c1ncc(I)cn1)C1CNC1. The molecule has 2 rings (SSSR count). The molecule has 0 aliphatic carbocycles. The number of nitrogens with one attached hydrogen (secondary N) is 1. The third-order valence-corrected chi connectivity index (χ3v) is 2.96. The number of hydrogen-bond acceptors (Lipinski definition) is 4. The Labute approximate surface area is 97.3 Å². The molecule has 4 nitrogen and oxygen atoms in total. The van der Waals surface area contributed by atoms with Crippen LogP contribution in [0.4, 0.5) is 5.95 Å². The lowest BCUT2D eigenvalue weighted by Crippen LogP contribution is -2.57. The van der Waals surface area contributed by atoms with E-state index < -0.39 is 0 Å². The summed E-state index contributed by atoms with van der Waals surface area (Å²) in [5, 5.41) is 3.26. The minimum atomic E-state index is 0.570. The van der Waals surface area contributed by atoms with E-state index in [1.54, 1.807) is 0 Å². The molecule has 0 spiro atoms. The lowest BCUT2D eigenvalue weighted by molar-refractivity contribution is 0.413. The van der Waals surface area contributed by atoms with Gasteiger partial charge in [0.25, 0.3) is 0 Å². The maximum Gasteiger partial charge on any atom is 0.225 e. The van der Waals surface area contributed by atoms with E-state index in [2.05, 4.69) is 49.7 Å². The Morgan fingerprint density at radius 2 is 2.14 bits per heavy atom. The molecule has 14 heavy (non-hydrogen) atoms.